The quantitative estimate of drug-likeness (QED) is 0.455. The minimum absolute atomic E-state index is 0.113. The van der Waals surface area contributed by atoms with Crippen molar-refractivity contribution in [2.75, 3.05) is 6.07 Å². The van der Waals surface area contributed by atoms with Crippen LogP contribution in [0.5, 0.6) is 0 Å². The van der Waals surface area contributed by atoms with E-state index in [9.17, 15) is 9.59 Å². The van der Waals surface area contributed by atoms with Gasteiger partial charge in [0.05, 0.1) is 5.92 Å². The molecule has 0 amide bonds. The van der Waals surface area contributed by atoms with Crippen molar-refractivity contribution in [1.82, 2.24) is 0 Å². The monoisotopic (exact) mass is 232 g/mol. The van der Waals surface area contributed by atoms with Crippen LogP contribution in [0, 0.1) is 17.3 Å². The third kappa shape index (κ3) is 2.50. The first-order valence-corrected chi connectivity index (χ1v) is 5.08. The summed E-state index contributed by atoms with van der Waals surface area (Å²) in [7, 11) is 0. The lowest BCUT2D eigenvalue weighted by Crippen LogP contribution is -2.03. The van der Waals surface area contributed by atoms with Gasteiger partial charge in [-0.1, -0.05) is 31.5 Å². The van der Waals surface area contributed by atoms with Gasteiger partial charge in [0.25, 0.3) is 0 Å². The molecule has 1 fully saturated rings. The largest absolute Gasteiger partial charge is 0.481 e. The predicted octanol–water partition coefficient (Wildman–Crippen LogP) is 1.64. The molecular formula is C10H13ClO4. The van der Waals surface area contributed by atoms with E-state index < -0.39 is 17.9 Å². The number of ether oxygens (including phenoxy) is 1. The van der Waals surface area contributed by atoms with E-state index in [2.05, 4.69) is 4.74 Å². The molecule has 0 aromatic heterocycles. The van der Waals surface area contributed by atoms with Gasteiger partial charge in [-0.25, -0.2) is 4.79 Å². The Hall–Kier alpha value is -1.03. The van der Waals surface area contributed by atoms with Crippen LogP contribution in [0.2, 0.25) is 0 Å². The van der Waals surface area contributed by atoms with Gasteiger partial charge in [0.15, 0.2) is 6.07 Å². The second-order valence-electron chi connectivity index (χ2n) is 4.09. The molecular weight excluding hydrogens is 220 g/mol. The third-order valence-corrected chi connectivity index (χ3v) is 2.92. The highest BCUT2D eigenvalue weighted by Gasteiger charge is 2.60. The molecule has 0 aromatic rings. The highest BCUT2D eigenvalue weighted by atomic mass is 35.5. The van der Waals surface area contributed by atoms with Crippen molar-refractivity contribution in [1.29, 1.82) is 0 Å². The number of carboxylic acid groups (broad SMARTS) is 1. The fourth-order valence-electron chi connectivity index (χ4n) is 1.79. The molecule has 84 valence electrons. The first-order valence-electron chi connectivity index (χ1n) is 4.55. The molecule has 1 aliphatic carbocycles. The van der Waals surface area contributed by atoms with Crippen LogP contribution in [0.1, 0.15) is 13.8 Å². The van der Waals surface area contributed by atoms with E-state index in [1.807, 2.05) is 13.8 Å². The van der Waals surface area contributed by atoms with E-state index in [0.717, 1.165) is 0 Å². The number of aliphatic carboxylic acids is 1. The van der Waals surface area contributed by atoms with Crippen molar-refractivity contribution in [2.45, 2.75) is 13.8 Å². The average Bonchev–Trinajstić information content (AvgIpc) is 2.65. The summed E-state index contributed by atoms with van der Waals surface area (Å²) >= 11 is 5.19. The second kappa shape index (κ2) is 4.23. The number of carboxylic acids is 1. The summed E-state index contributed by atoms with van der Waals surface area (Å²) < 4.78 is 4.48. The van der Waals surface area contributed by atoms with Gasteiger partial charge in [-0.15, -0.1) is 0 Å². The molecule has 1 N–H and O–H groups in total. The summed E-state index contributed by atoms with van der Waals surface area (Å²) in [5, 5.41) is 8.86. The van der Waals surface area contributed by atoms with E-state index in [1.54, 1.807) is 6.08 Å². The zero-order valence-corrected chi connectivity index (χ0v) is 9.32. The fourth-order valence-corrected chi connectivity index (χ4v) is 1.90. The maximum atomic E-state index is 10.9. The molecule has 0 bridgehead atoms. The highest BCUT2D eigenvalue weighted by Crippen LogP contribution is 2.58. The summed E-state index contributed by atoms with van der Waals surface area (Å²) in [6, 6.07) is -0.195. The molecule has 0 saturated heterocycles. The van der Waals surface area contributed by atoms with Crippen LogP contribution in [-0.2, 0) is 14.3 Å². The van der Waals surface area contributed by atoms with Gasteiger partial charge in [0.1, 0.15) is 0 Å². The summed E-state index contributed by atoms with van der Waals surface area (Å²) in [6.45, 7) is 3.71. The zero-order chi connectivity index (χ0) is 11.6. The van der Waals surface area contributed by atoms with E-state index in [0.29, 0.717) is 0 Å². The van der Waals surface area contributed by atoms with E-state index in [4.69, 9.17) is 16.7 Å². The molecule has 2 atom stereocenters. The Morgan fingerprint density at radius 3 is 2.53 bits per heavy atom. The van der Waals surface area contributed by atoms with Crippen LogP contribution in [0.25, 0.3) is 0 Å². The minimum Gasteiger partial charge on any atom is -0.481 e. The van der Waals surface area contributed by atoms with E-state index in [1.165, 1.54) is 6.08 Å². The standard InChI is InChI=1S/C10H13ClO4/c1-10(2)6(8(10)9(13)14)3-4-7(12)15-5-11/h3-4,6,8H,5H2,1-2H3,(H,13,14). The average molecular weight is 233 g/mol. The normalized spacial score (nSPS) is 27.7. The summed E-state index contributed by atoms with van der Waals surface area (Å²) in [5.41, 5.74) is -0.288. The lowest BCUT2D eigenvalue weighted by molar-refractivity contribution is -0.139. The maximum Gasteiger partial charge on any atom is 0.331 e. The molecule has 4 nitrogen and oxygen atoms in total. The first-order chi connectivity index (χ1) is 6.91. The Labute approximate surface area is 92.9 Å². The van der Waals surface area contributed by atoms with E-state index in [-0.39, 0.29) is 17.4 Å². The number of carbonyl (C=O) groups excluding carboxylic acids is 1. The Morgan fingerprint density at radius 1 is 1.53 bits per heavy atom. The van der Waals surface area contributed by atoms with Crippen molar-refractivity contribution in [2.24, 2.45) is 17.3 Å². The number of halogens is 1. The predicted molar refractivity (Wildman–Crippen MR) is 54.3 cm³/mol. The molecule has 1 aliphatic rings. The minimum atomic E-state index is -0.833. The number of rotatable bonds is 4. The fraction of sp³-hybridized carbons (Fsp3) is 0.600. The molecule has 0 radical (unpaired) electrons. The lowest BCUT2D eigenvalue weighted by atomic mass is 10.1. The Bertz CT molecular complexity index is 309. The molecule has 1 saturated carbocycles. The van der Waals surface area contributed by atoms with Gasteiger partial charge in [0.2, 0.25) is 0 Å². The van der Waals surface area contributed by atoms with Crippen LogP contribution in [-0.4, -0.2) is 23.1 Å². The number of allylic oxidation sites excluding steroid dienone is 1. The Balaban J connectivity index is 2.55. The molecule has 1 rings (SSSR count). The van der Waals surface area contributed by atoms with Crippen molar-refractivity contribution >= 4 is 23.5 Å². The van der Waals surface area contributed by atoms with Crippen molar-refractivity contribution in [3.05, 3.63) is 12.2 Å². The first kappa shape index (κ1) is 12.0. The molecule has 0 heterocycles. The number of carbonyl (C=O) groups is 2. The number of esters is 1. The van der Waals surface area contributed by atoms with Crippen molar-refractivity contribution in [3.63, 3.8) is 0 Å². The van der Waals surface area contributed by atoms with Gasteiger partial charge in [0, 0.05) is 6.08 Å². The smallest absolute Gasteiger partial charge is 0.331 e. The SMILES string of the molecule is CC1(C)C(C=CC(=O)OCCl)C1C(=O)O. The Kier molecular flexibility index (Phi) is 3.39. The number of alkyl halides is 1. The summed E-state index contributed by atoms with van der Waals surface area (Å²) in [6.07, 6.45) is 2.81. The number of hydrogen-bond donors (Lipinski definition) is 1. The van der Waals surface area contributed by atoms with Crippen LogP contribution in [0.3, 0.4) is 0 Å². The van der Waals surface area contributed by atoms with E-state index >= 15 is 0 Å². The van der Waals surface area contributed by atoms with Crippen LogP contribution < -0.4 is 0 Å². The Morgan fingerprint density at radius 2 is 2.13 bits per heavy atom. The molecule has 0 aromatic carbocycles. The topological polar surface area (TPSA) is 63.6 Å². The zero-order valence-electron chi connectivity index (χ0n) is 8.57. The van der Waals surface area contributed by atoms with Crippen LogP contribution in [0.4, 0.5) is 0 Å². The van der Waals surface area contributed by atoms with Crippen molar-refractivity contribution in [3.8, 4) is 0 Å². The van der Waals surface area contributed by atoms with Gasteiger partial charge in [-0.05, 0) is 11.3 Å². The van der Waals surface area contributed by atoms with Gasteiger partial charge in [-0.2, -0.15) is 0 Å². The summed E-state index contributed by atoms with van der Waals surface area (Å²) in [5.74, 6) is -1.91. The molecule has 5 heteroatoms. The summed E-state index contributed by atoms with van der Waals surface area (Å²) in [4.78, 5) is 21.7. The highest BCUT2D eigenvalue weighted by molar-refractivity contribution is 6.17. The molecule has 0 spiro atoms. The number of hydrogen-bond acceptors (Lipinski definition) is 3. The lowest BCUT2D eigenvalue weighted by Gasteiger charge is -1.96. The van der Waals surface area contributed by atoms with Crippen LogP contribution >= 0.6 is 11.6 Å². The third-order valence-electron chi connectivity index (χ3n) is 2.81. The van der Waals surface area contributed by atoms with Crippen LogP contribution in [0.15, 0.2) is 12.2 Å². The second-order valence-corrected chi connectivity index (χ2v) is 4.31. The van der Waals surface area contributed by atoms with Crippen molar-refractivity contribution < 1.29 is 19.4 Å². The van der Waals surface area contributed by atoms with Gasteiger partial charge < -0.3 is 9.84 Å². The van der Waals surface area contributed by atoms with Gasteiger partial charge >= 0.3 is 11.9 Å². The molecule has 15 heavy (non-hydrogen) atoms. The molecule has 2 unspecified atom stereocenters. The van der Waals surface area contributed by atoms with Gasteiger partial charge in [-0.3, -0.25) is 4.79 Å². The molecule has 0 aliphatic heterocycles. The maximum absolute atomic E-state index is 10.9.